The van der Waals surface area contributed by atoms with Crippen LogP contribution in [-0.2, 0) is 16.0 Å². The molecule has 1 aromatic rings. The number of rotatable bonds is 4. The molecular formula is C18H22ClNO2. The minimum absolute atomic E-state index is 0.0533. The Morgan fingerprint density at radius 3 is 2.73 bits per heavy atom. The van der Waals surface area contributed by atoms with E-state index in [2.05, 4.69) is 24.8 Å². The van der Waals surface area contributed by atoms with Crippen LogP contribution in [0.1, 0.15) is 36.4 Å². The van der Waals surface area contributed by atoms with Crippen molar-refractivity contribution in [1.82, 2.24) is 4.90 Å². The van der Waals surface area contributed by atoms with E-state index in [1.807, 2.05) is 11.0 Å². The van der Waals surface area contributed by atoms with Gasteiger partial charge < -0.3 is 9.64 Å². The zero-order valence-corrected chi connectivity index (χ0v) is 13.5. The maximum absolute atomic E-state index is 13.0. The molecule has 22 heavy (non-hydrogen) atoms. The number of halogens is 1. The lowest BCUT2D eigenvalue weighted by Crippen LogP contribution is -2.41. The molecule has 1 amide bonds. The van der Waals surface area contributed by atoms with Gasteiger partial charge in [0.05, 0.1) is 12.6 Å². The minimum atomic E-state index is 0.0533. The number of amides is 1. The Labute approximate surface area is 136 Å². The van der Waals surface area contributed by atoms with E-state index in [1.54, 1.807) is 0 Å². The van der Waals surface area contributed by atoms with Crippen molar-refractivity contribution in [3.05, 3.63) is 47.0 Å². The lowest BCUT2D eigenvalue weighted by Gasteiger charge is -2.34. The molecule has 0 aromatic heterocycles. The van der Waals surface area contributed by atoms with Gasteiger partial charge in [-0.1, -0.05) is 42.4 Å². The molecule has 118 valence electrons. The molecule has 1 fully saturated rings. The van der Waals surface area contributed by atoms with Gasteiger partial charge in [-0.15, -0.1) is 0 Å². The van der Waals surface area contributed by atoms with Crippen LogP contribution in [0, 0.1) is 5.92 Å². The molecule has 0 saturated carbocycles. The van der Waals surface area contributed by atoms with Gasteiger partial charge in [-0.2, -0.15) is 0 Å². The van der Waals surface area contributed by atoms with Crippen molar-refractivity contribution in [3.8, 4) is 0 Å². The second kappa shape index (κ2) is 6.84. The third-order valence-corrected chi connectivity index (χ3v) is 4.79. The van der Waals surface area contributed by atoms with Crippen LogP contribution in [0.25, 0.3) is 0 Å². The number of hydrogen-bond donors (Lipinski definition) is 0. The molecule has 1 aliphatic heterocycles. The first-order valence-electron chi connectivity index (χ1n) is 7.96. The second-order valence-electron chi connectivity index (χ2n) is 6.12. The van der Waals surface area contributed by atoms with Crippen LogP contribution in [0.2, 0.25) is 0 Å². The molecule has 1 saturated heterocycles. The summed E-state index contributed by atoms with van der Waals surface area (Å²) in [4.78, 5) is 14.9. The highest BCUT2D eigenvalue weighted by Gasteiger charge is 2.34. The van der Waals surface area contributed by atoms with Crippen LogP contribution >= 0.6 is 11.6 Å². The number of hydrogen-bond acceptors (Lipinski definition) is 2. The third-order valence-electron chi connectivity index (χ3n) is 4.67. The van der Waals surface area contributed by atoms with E-state index in [-0.39, 0.29) is 17.9 Å². The van der Waals surface area contributed by atoms with Crippen molar-refractivity contribution < 1.29 is 9.53 Å². The highest BCUT2D eigenvalue weighted by atomic mass is 35.5. The minimum Gasteiger partial charge on any atom is -0.381 e. The van der Waals surface area contributed by atoms with Gasteiger partial charge in [0.1, 0.15) is 0 Å². The van der Waals surface area contributed by atoms with Crippen LogP contribution in [-0.4, -0.2) is 30.6 Å². The van der Waals surface area contributed by atoms with Gasteiger partial charge in [0.15, 0.2) is 0 Å². The third kappa shape index (κ3) is 3.21. The first-order chi connectivity index (χ1) is 10.7. The maximum atomic E-state index is 13.0. The quantitative estimate of drug-likeness (QED) is 0.847. The number of carbonyl (C=O) groups is 1. The smallest absolute Gasteiger partial charge is 0.226 e. The Balaban J connectivity index is 1.84. The van der Waals surface area contributed by atoms with Crippen LogP contribution in [0.3, 0.4) is 0 Å². The Morgan fingerprint density at radius 1 is 1.27 bits per heavy atom. The van der Waals surface area contributed by atoms with Gasteiger partial charge in [0.2, 0.25) is 5.91 Å². The van der Waals surface area contributed by atoms with Gasteiger partial charge in [-0.3, -0.25) is 4.79 Å². The lowest BCUT2D eigenvalue weighted by atomic mass is 9.96. The van der Waals surface area contributed by atoms with Crippen molar-refractivity contribution >= 4 is 17.5 Å². The fourth-order valence-corrected chi connectivity index (χ4v) is 3.69. The topological polar surface area (TPSA) is 29.5 Å². The molecule has 1 aliphatic carbocycles. The van der Waals surface area contributed by atoms with Gasteiger partial charge in [-0.05, 0) is 36.8 Å². The summed E-state index contributed by atoms with van der Waals surface area (Å²) < 4.78 is 5.38. The Bertz CT molecular complexity index is 566. The molecule has 1 unspecified atom stereocenters. The van der Waals surface area contributed by atoms with Gasteiger partial charge in [0.25, 0.3) is 0 Å². The number of benzene rings is 1. The summed E-state index contributed by atoms with van der Waals surface area (Å²) in [7, 11) is 0. The first kappa shape index (κ1) is 15.6. The molecule has 1 heterocycles. The van der Waals surface area contributed by atoms with E-state index in [0.29, 0.717) is 24.8 Å². The van der Waals surface area contributed by atoms with Crippen LogP contribution in [0.5, 0.6) is 0 Å². The molecule has 1 aromatic carbocycles. The second-order valence-corrected chi connectivity index (χ2v) is 6.66. The SMILES string of the molecule is C=C(Cl)CN(C(=O)C1CCOCC1)C1CCc2ccccc21. The zero-order chi connectivity index (χ0) is 15.5. The Kier molecular flexibility index (Phi) is 4.84. The average Bonchev–Trinajstić information content (AvgIpc) is 2.96. The van der Waals surface area contributed by atoms with E-state index in [4.69, 9.17) is 16.3 Å². The van der Waals surface area contributed by atoms with Crippen molar-refractivity contribution in [1.29, 1.82) is 0 Å². The predicted molar refractivity (Wildman–Crippen MR) is 87.8 cm³/mol. The normalized spacial score (nSPS) is 21.4. The summed E-state index contributed by atoms with van der Waals surface area (Å²) in [6.07, 6.45) is 3.60. The number of nitrogens with zero attached hydrogens (tertiary/aromatic N) is 1. The van der Waals surface area contributed by atoms with Crippen molar-refractivity contribution in [2.24, 2.45) is 5.92 Å². The van der Waals surface area contributed by atoms with Crippen LogP contribution < -0.4 is 0 Å². The Hall–Kier alpha value is -1.32. The standard InChI is InChI=1S/C18H22ClNO2/c1-13(19)12-20(18(21)15-8-10-22-11-9-15)17-7-6-14-4-2-3-5-16(14)17/h2-5,15,17H,1,6-12H2. The number of fused-ring (bicyclic) bond motifs is 1. The van der Waals surface area contributed by atoms with E-state index in [0.717, 1.165) is 25.7 Å². The fourth-order valence-electron chi connectivity index (χ4n) is 3.56. The summed E-state index contributed by atoms with van der Waals surface area (Å²) in [6.45, 7) is 5.57. The molecule has 3 nitrogen and oxygen atoms in total. The predicted octanol–water partition coefficient (Wildman–Crippen LogP) is 3.68. The molecule has 1 atom stereocenters. The van der Waals surface area contributed by atoms with Gasteiger partial charge in [-0.25, -0.2) is 0 Å². The van der Waals surface area contributed by atoms with E-state index in [1.165, 1.54) is 11.1 Å². The summed E-state index contributed by atoms with van der Waals surface area (Å²) in [5, 5.41) is 0.518. The largest absolute Gasteiger partial charge is 0.381 e. The monoisotopic (exact) mass is 319 g/mol. The van der Waals surface area contributed by atoms with Gasteiger partial charge >= 0.3 is 0 Å². The number of ether oxygens (including phenoxy) is 1. The molecule has 0 bridgehead atoms. The molecule has 0 spiro atoms. The molecule has 4 heteroatoms. The van der Waals surface area contributed by atoms with Crippen molar-refractivity contribution in [2.45, 2.75) is 31.7 Å². The average molecular weight is 320 g/mol. The summed E-state index contributed by atoms with van der Waals surface area (Å²) in [5.41, 5.74) is 2.61. The molecule has 0 N–H and O–H groups in total. The van der Waals surface area contributed by atoms with Crippen LogP contribution in [0.4, 0.5) is 0 Å². The summed E-state index contributed by atoms with van der Waals surface area (Å²) >= 11 is 6.05. The lowest BCUT2D eigenvalue weighted by molar-refractivity contribution is -0.140. The highest BCUT2D eigenvalue weighted by Crippen LogP contribution is 2.37. The van der Waals surface area contributed by atoms with E-state index < -0.39 is 0 Å². The molecule has 0 radical (unpaired) electrons. The zero-order valence-electron chi connectivity index (χ0n) is 12.8. The molecular weight excluding hydrogens is 298 g/mol. The van der Waals surface area contributed by atoms with Crippen molar-refractivity contribution in [2.75, 3.05) is 19.8 Å². The van der Waals surface area contributed by atoms with Gasteiger partial charge in [0, 0.05) is 24.2 Å². The van der Waals surface area contributed by atoms with Crippen molar-refractivity contribution in [3.63, 3.8) is 0 Å². The highest BCUT2D eigenvalue weighted by molar-refractivity contribution is 6.29. The number of carbonyl (C=O) groups excluding carboxylic acids is 1. The molecule has 3 rings (SSSR count). The molecule has 2 aliphatic rings. The fraction of sp³-hybridized carbons (Fsp3) is 0.500. The summed E-state index contributed by atoms with van der Waals surface area (Å²) in [6, 6.07) is 8.52. The Morgan fingerprint density at radius 2 is 2.00 bits per heavy atom. The van der Waals surface area contributed by atoms with E-state index >= 15 is 0 Å². The summed E-state index contributed by atoms with van der Waals surface area (Å²) in [5.74, 6) is 0.254. The first-order valence-corrected chi connectivity index (χ1v) is 8.34. The maximum Gasteiger partial charge on any atom is 0.226 e. The van der Waals surface area contributed by atoms with Crippen LogP contribution in [0.15, 0.2) is 35.9 Å². The van der Waals surface area contributed by atoms with E-state index in [9.17, 15) is 4.79 Å². The number of aryl methyl sites for hydroxylation is 1.